The van der Waals surface area contributed by atoms with Gasteiger partial charge in [-0.1, -0.05) is 18.2 Å². The second kappa shape index (κ2) is 7.22. The van der Waals surface area contributed by atoms with E-state index in [1.807, 2.05) is 50.2 Å². The molecule has 0 saturated heterocycles. The Kier molecular flexibility index (Phi) is 5.00. The smallest absolute Gasteiger partial charge is 0.232 e. The minimum atomic E-state index is -0.177. The fourth-order valence-corrected chi connectivity index (χ4v) is 3.08. The summed E-state index contributed by atoms with van der Waals surface area (Å²) < 4.78 is 11.5. The molecule has 0 spiro atoms. The molecule has 0 unspecified atom stereocenters. The van der Waals surface area contributed by atoms with Crippen LogP contribution in [0, 0.1) is 6.92 Å². The third kappa shape index (κ3) is 3.30. The summed E-state index contributed by atoms with van der Waals surface area (Å²) in [5, 5.41) is 10.3. The van der Waals surface area contributed by atoms with Gasteiger partial charge in [0.2, 0.25) is 5.78 Å². The van der Waals surface area contributed by atoms with Crippen LogP contribution < -0.4 is 9.47 Å². The molecule has 0 atom stereocenters. The van der Waals surface area contributed by atoms with E-state index >= 15 is 0 Å². The van der Waals surface area contributed by atoms with Crippen LogP contribution in [0.3, 0.4) is 0 Å². The number of carbonyl (C=O) groups is 1. The summed E-state index contributed by atoms with van der Waals surface area (Å²) in [5.41, 5.74) is 2.61. The predicted octanol–water partition coefficient (Wildman–Crippen LogP) is 3.78. The van der Waals surface area contributed by atoms with Crippen molar-refractivity contribution >= 4 is 11.9 Å². The first-order valence-corrected chi connectivity index (χ1v) is 8.58. The summed E-state index contributed by atoms with van der Waals surface area (Å²) in [7, 11) is 3.80. The molecule has 26 heavy (non-hydrogen) atoms. The number of allylic oxidation sites excluding steroid dienone is 1. The molecule has 2 aromatic carbocycles. The third-order valence-corrected chi connectivity index (χ3v) is 4.20. The van der Waals surface area contributed by atoms with E-state index in [0.717, 1.165) is 5.56 Å². The molecule has 0 radical (unpaired) electrons. The van der Waals surface area contributed by atoms with Gasteiger partial charge < -0.3 is 19.5 Å². The number of benzene rings is 2. The van der Waals surface area contributed by atoms with Gasteiger partial charge in [-0.3, -0.25) is 4.79 Å². The highest BCUT2D eigenvalue weighted by Crippen LogP contribution is 2.42. The van der Waals surface area contributed by atoms with Gasteiger partial charge in [0.15, 0.2) is 5.76 Å². The highest BCUT2D eigenvalue weighted by molar-refractivity contribution is 6.16. The normalized spacial score (nSPS) is 14.7. The van der Waals surface area contributed by atoms with E-state index in [1.54, 1.807) is 19.1 Å². The first-order valence-electron chi connectivity index (χ1n) is 8.58. The van der Waals surface area contributed by atoms with Crippen LogP contribution in [0.2, 0.25) is 0 Å². The Morgan fingerprint density at radius 1 is 1.27 bits per heavy atom. The molecular weight excluding hydrogens is 330 g/mol. The highest BCUT2D eigenvalue weighted by Gasteiger charge is 2.33. The number of hydrogen-bond donors (Lipinski definition) is 1. The first-order chi connectivity index (χ1) is 12.4. The molecule has 1 aliphatic heterocycles. The zero-order chi connectivity index (χ0) is 18.8. The maximum atomic E-state index is 12.9. The summed E-state index contributed by atoms with van der Waals surface area (Å²) in [4.78, 5) is 14.8. The lowest BCUT2D eigenvalue weighted by Gasteiger charge is -2.15. The molecule has 2 aromatic rings. The number of para-hydroxylation sites is 1. The molecule has 0 fully saturated rings. The zero-order valence-corrected chi connectivity index (χ0v) is 15.5. The van der Waals surface area contributed by atoms with E-state index in [9.17, 15) is 9.90 Å². The van der Waals surface area contributed by atoms with Crippen LogP contribution in [-0.2, 0) is 6.54 Å². The number of ether oxygens (including phenoxy) is 2. The number of Topliss-reactive ketones (excluding diaryl/α,β-unsaturated/α-hetero) is 1. The molecule has 0 saturated carbocycles. The first kappa shape index (κ1) is 18.0. The van der Waals surface area contributed by atoms with Crippen molar-refractivity contribution in [1.82, 2.24) is 4.90 Å². The van der Waals surface area contributed by atoms with Crippen LogP contribution in [0.25, 0.3) is 6.08 Å². The standard InChI is InChI=1S/C21H23NO4/c1-5-25-17-9-7-6-8-14(17)11-18-20(24)19-13(2)10-16(23)15(12-22(3)4)21(19)26-18/h6-11,23H,5,12H2,1-4H3/b18-11-. The van der Waals surface area contributed by atoms with Gasteiger partial charge in [-0.25, -0.2) is 0 Å². The SMILES string of the molecule is CCOc1ccccc1/C=C1\Oc2c(CN(C)C)c(O)cc(C)c2C1=O. The van der Waals surface area contributed by atoms with Crippen LogP contribution in [0.15, 0.2) is 36.1 Å². The Hall–Kier alpha value is -2.79. The lowest BCUT2D eigenvalue weighted by atomic mass is 9.99. The number of aromatic hydroxyl groups is 1. The largest absolute Gasteiger partial charge is 0.507 e. The average Bonchev–Trinajstić information content (AvgIpc) is 2.90. The zero-order valence-electron chi connectivity index (χ0n) is 15.5. The molecule has 0 bridgehead atoms. The fourth-order valence-electron chi connectivity index (χ4n) is 3.08. The van der Waals surface area contributed by atoms with E-state index in [2.05, 4.69) is 0 Å². The Morgan fingerprint density at radius 3 is 2.69 bits per heavy atom. The third-order valence-electron chi connectivity index (χ3n) is 4.20. The number of hydrogen-bond acceptors (Lipinski definition) is 5. The molecule has 1 N–H and O–H groups in total. The van der Waals surface area contributed by atoms with Crippen molar-refractivity contribution in [3.63, 3.8) is 0 Å². The minimum absolute atomic E-state index is 0.138. The van der Waals surface area contributed by atoms with Crippen LogP contribution in [0.5, 0.6) is 17.2 Å². The minimum Gasteiger partial charge on any atom is -0.507 e. The highest BCUT2D eigenvalue weighted by atomic mass is 16.5. The van der Waals surface area contributed by atoms with Crippen molar-refractivity contribution in [1.29, 1.82) is 0 Å². The van der Waals surface area contributed by atoms with Crippen molar-refractivity contribution in [2.75, 3.05) is 20.7 Å². The molecular formula is C21H23NO4. The van der Waals surface area contributed by atoms with Crippen LogP contribution in [-0.4, -0.2) is 36.5 Å². The van der Waals surface area contributed by atoms with E-state index in [0.29, 0.717) is 41.3 Å². The monoisotopic (exact) mass is 353 g/mol. The van der Waals surface area contributed by atoms with Crippen LogP contribution in [0.1, 0.15) is 34.0 Å². The van der Waals surface area contributed by atoms with Crippen molar-refractivity contribution in [2.45, 2.75) is 20.4 Å². The molecule has 5 nitrogen and oxygen atoms in total. The maximum Gasteiger partial charge on any atom is 0.232 e. The number of carbonyl (C=O) groups excluding carboxylic acids is 1. The fraction of sp³-hybridized carbons (Fsp3) is 0.286. The van der Waals surface area contributed by atoms with Gasteiger partial charge in [-0.15, -0.1) is 0 Å². The second-order valence-corrected chi connectivity index (χ2v) is 6.54. The van der Waals surface area contributed by atoms with Crippen LogP contribution >= 0.6 is 0 Å². The number of phenolic OH excluding ortho intramolecular Hbond substituents is 1. The van der Waals surface area contributed by atoms with Gasteiger partial charge in [0.25, 0.3) is 0 Å². The molecule has 136 valence electrons. The van der Waals surface area contributed by atoms with E-state index < -0.39 is 0 Å². The van der Waals surface area contributed by atoms with Gasteiger partial charge in [0.05, 0.1) is 17.7 Å². The molecule has 1 aliphatic rings. The number of ketones is 1. The molecule has 0 amide bonds. The summed E-state index contributed by atoms with van der Waals surface area (Å²) >= 11 is 0. The van der Waals surface area contributed by atoms with Gasteiger partial charge in [-0.2, -0.15) is 0 Å². The topological polar surface area (TPSA) is 59.0 Å². The number of phenols is 1. The summed E-state index contributed by atoms with van der Waals surface area (Å²) in [6.07, 6.45) is 1.70. The number of nitrogens with zero attached hydrogens (tertiary/aromatic N) is 1. The van der Waals surface area contributed by atoms with Crippen molar-refractivity contribution in [3.05, 3.63) is 58.3 Å². The summed E-state index contributed by atoms with van der Waals surface area (Å²) in [6.45, 7) is 4.73. The number of aryl methyl sites for hydroxylation is 1. The predicted molar refractivity (Wildman–Crippen MR) is 101 cm³/mol. The van der Waals surface area contributed by atoms with E-state index in [4.69, 9.17) is 9.47 Å². The van der Waals surface area contributed by atoms with Crippen LogP contribution in [0.4, 0.5) is 0 Å². The van der Waals surface area contributed by atoms with E-state index in [1.165, 1.54) is 0 Å². The van der Waals surface area contributed by atoms with Crippen molar-refractivity contribution in [3.8, 4) is 17.2 Å². The van der Waals surface area contributed by atoms with Gasteiger partial charge in [0.1, 0.15) is 17.2 Å². The number of rotatable bonds is 5. The van der Waals surface area contributed by atoms with Gasteiger partial charge in [0, 0.05) is 12.1 Å². The average molecular weight is 353 g/mol. The Bertz CT molecular complexity index is 884. The van der Waals surface area contributed by atoms with Gasteiger partial charge >= 0.3 is 0 Å². The van der Waals surface area contributed by atoms with Crippen molar-refractivity contribution in [2.24, 2.45) is 0 Å². The lowest BCUT2D eigenvalue weighted by Crippen LogP contribution is -2.12. The summed E-state index contributed by atoms with van der Waals surface area (Å²) in [5.74, 6) is 1.34. The Balaban J connectivity index is 2.06. The second-order valence-electron chi connectivity index (χ2n) is 6.54. The Morgan fingerprint density at radius 2 is 2.00 bits per heavy atom. The maximum absolute atomic E-state index is 12.9. The number of fused-ring (bicyclic) bond motifs is 1. The molecule has 5 heteroatoms. The Labute approximate surface area is 153 Å². The molecule has 0 aliphatic carbocycles. The van der Waals surface area contributed by atoms with Crippen molar-refractivity contribution < 1.29 is 19.4 Å². The van der Waals surface area contributed by atoms with Gasteiger partial charge in [-0.05, 0) is 51.7 Å². The quantitative estimate of drug-likeness (QED) is 0.829. The lowest BCUT2D eigenvalue weighted by molar-refractivity contribution is 0.101. The van der Waals surface area contributed by atoms with E-state index in [-0.39, 0.29) is 17.3 Å². The molecule has 1 heterocycles. The molecule has 3 rings (SSSR count). The summed E-state index contributed by atoms with van der Waals surface area (Å²) in [6, 6.07) is 9.13. The molecule has 0 aromatic heterocycles.